The summed E-state index contributed by atoms with van der Waals surface area (Å²) in [4.78, 5) is 30.6. The monoisotopic (exact) mass is 548 g/mol. The van der Waals surface area contributed by atoms with Gasteiger partial charge in [-0.1, -0.05) is 24.3 Å². The molecule has 0 aromatic heterocycles. The molecule has 2 unspecified atom stereocenters. The summed E-state index contributed by atoms with van der Waals surface area (Å²) in [6, 6.07) is 16.7. The first-order valence-corrected chi connectivity index (χ1v) is 13.2. The molecule has 0 fully saturated rings. The van der Waals surface area contributed by atoms with Crippen LogP contribution in [0.15, 0.2) is 59.6 Å². The second-order valence-corrected chi connectivity index (χ2v) is 9.71. The molecular formula is C30H33ClN4O4. The van der Waals surface area contributed by atoms with Gasteiger partial charge >= 0.3 is 0 Å². The number of carbonyl (C=O) groups excluding carboxylic acids is 2. The van der Waals surface area contributed by atoms with E-state index in [1.165, 1.54) is 0 Å². The summed E-state index contributed by atoms with van der Waals surface area (Å²) in [6.45, 7) is 3.97. The van der Waals surface area contributed by atoms with Crippen LogP contribution < -0.4 is 25.0 Å². The van der Waals surface area contributed by atoms with Gasteiger partial charge in [-0.25, -0.2) is 0 Å². The zero-order chi connectivity index (χ0) is 27.9. The smallest absolute Gasteiger partial charge is 0.241 e. The molecule has 2 atom stereocenters. The van der Waals surface area contributed by atoms with Gasteiger partial charge in [-0.3, -0.25) is 14.6 Å². The number of para-hydroxylation sites is 1. The average molecular weight is 549 g/mol. The van der Waals surface area contributed by atoms with E-state index >= 15 is 0 Å². The molecular weight excluding hydrogens is 516 g/mol. The van der Waals surface area contributed by atoms with E-state index in [1.54, 1.807) is 32.2 Å². The van der Waals surface area contributed by atoms with Gasteiger partial charge in [-0.05, 0) is 67.4 Å². The number of hydrogen-bond acceptors (Lipinski definition) is 6. The Kier molecular flexibility index (Phi) is 9.22. The maximum atomic E-state index is 12.4. The summed E-state index contributed by atoms with van der Waals surface area (Å²) in [6.07, 6.45) is 3.36. The minimum Gasteiger partial charge on any atom is -0.493 e. The molecule has 1 heterocycles. The van der Waals surface area contributed by atoms with Crippen molar-refractivity contribution in [1.82, 2.24) is 5.32 Å². The number of methoxy groups -OCH3 is 1. The summed E-state index contributed by atoms with van der Waals surface area (Å²) in [5, 5.41) is 5.84. The highest BCUT2D eigenvalue weighted by molar-refractivity contribution is 6.17. The van der Waals surface area contributed by atoms with E-state index in [2.05, 4.69) is 10.6 Å². The number of carbonyl (C=O) groups is 2. The van der Waals surface area contributed by atoms with Crippen LogP contribution in [0.5, 0.6) is 11.5 Å². The van der Waals surface area contributed by atoms with Gasteiger partial charge in [0.1, 0.15) is 6.61 Å². The van der Waals surface area contributed by atoms with Gasteiger partial charge in [0.05, 0.1) is 24.9 Å². The maximum Gasteiger partial charge on any atom is 0.241 e. The average Bonchev–Trinajstić information content (AvgIpc) is 3.32. The fourth-order valence-electron chi connectivity index (χ4n) is 4.46. The summed E-state index contributed by atoms with van der Waals surface area (Å²) in [5.74, 6) is 1.27. The number of hydrogen-bond donors (Lipinski definition) is 2. The number of ether oxygens (including phenoxy) is 2. The predicted octanol–water partition coefficient (Wildman–Crippen LogP) is 5.16. The van der Waals surface area contributed by atoms with E-state index in [1.807, 2.05) is 61.5 Å². The highest BCUT2D eigenvalue weighted by Gasteiger charge is 2.27. The van der Waals surface area contributed by atoms with Crippen molar-refractivity contribution in [3.8, 4) is 11.5 Å². The van der Waals surface area contributed by atoms with E-state index < -0.39 is 0 Å². The molecule has 204 valence electrons. The Morgan fingerprint density at radius 1 is 1.18 bits per heavy atom. The van der Waals surface area contributed by atoms with Crippen molar-refractivity contribution in [3.63, 3.8) is 0 Å². The van der Waals surface area contributed by atoms with Crippen LogP contribution in [0.3, 0.4) is 0 Å². The third kappa shape index (κ3) is 6.58. The number of halogens is 1. The van der Waals surface area contributed by atoms with Gasteiger partial charge in [-0.15, -0.1) is 11.6 Å². The zero-order valence-electron chi connectivity index (χ0n) is 22.5. The number of likely N-dealkylation sites (N-methyl/N-ethyl adjacent to an activating group) is 1. The van der Waals surface area contributed by atoms with Gasteiger partial charge in [0.2, 0.25) is 12.3 Å². The molecule has 0 bridgehead atoms. The van der Waals surface area contributed by atoms with Crippen LogP contribution in [0.2, 0.25) is 0 Å². The number of aliphatic imine (C=N–C) groups is 1. The molecule has 0 radical (unpaired) electrons. The summed E-state index contributed by atoms with van der Waals surface area (Å²) >= 11 is 6.11. The van der Waals surface area contributed by atoms with Crippen molar-refractivity contribution in [3.05, 3.63) is 76.9 Å². The molecule has 0 aliphatic carbocycles. The maximum absolute atomic E-state index is 12.4. The number of nitrogens with zero attached hydrogens (tertiary/aromatic N) is 2. The van der Waals surface area contributed by atoms with Crippen LogP contribution in [0.25, 0.3) is 0 Å². The number of benzene rings is 3. The Labute approximate surface area is 234 Å². The molecule has 2 N–H and O–H groups in total. The lowest BCUT2D eigenvalue weighted by molar-refractivity contribution is -0.117. The Morgan fingerprint density at radius 2 is 1.95 bits per heavy atom. The second kappa shape index (κ2) is 12.8. The summed E-state index contributed by atoms with van der Waals surface area (Å²) in [5.41, 5.74) is 6.02. The van der Waals surface area contributed by atoms with Gasteiger partial charge in [-0.2, -0.15) is 0 Å². The van der Waals surface area contributed by atoms with Crippen LogP contribution in [0.4, 0.5) is 17.1 Å². The number of alkyl halides is 1. The number of rotatable bonds is 11. The lowest BCUT2D eigenvalue weighted by atomic mass is 10.1. The number of anilines is 2. The van der Waals surface area contributed by atoms with Crippen LogP contribution in [0.1, 0.15) is 29.2 Å². The van der Waals surface area contributed by atoms with Crippen LogP contribution in [-0.2, 0) is 28.5 Å². The fourth-order valence-corrected chi connectivity index (χ4v) is 4.62. The van der Waals surface area contributed by atoms with E-state index in [0.29, 0.717) is 29.5 Å². The molecule has 0 spiro atoms. The molecule has 3 aromatic carbocycles. The number of aryl methyl sites for hydroxylation is 1. The molecule has 2 amide bonds. The van der Waals surface area contributed by atoms with Crippen molar-refractivity contribution in [2.24, 2.45) is 4.99 Å². The number of fused-ring (bicyclic) bond motifs is 1. The van der Waals surface area contributed by atoms with E-state index in [4.69, 9.17) is 26.1 Å². The molecule has 8 nitrogen and oxygen atoms in total. The number of nitrogens with one attached hydrogen (secondary N) is 2. The summed E-state index contributed by atoms with van der Waals surface area (Å²) in [7, 11) is 3.32. The van der Waals surface area contributed by atoms with Gasteiger partial charge in [0, 0.05) is 36.0 Å². The number of amides is 2. The normalized spacial score (nSPS) is 15.2. The predicted molar refractivity (Wildman–Crippen MR) is 156 cm³/mol. The Hall–Kier alpha value is -3.88. The quantitative estimate of drug-likeness (QED) is 0.196. The molecule has 1 aliphatic heterocycles. The van der Waals surface area contributed by atoms with Crippen LogP contribution >= 0.6 is 11.6 Å². The highest BCUT2D eigenvalue weighted by Crippen LogP contribution is 2.36. The minimum atomic E-state index is -0.336. The van der Waals surface area contributed by atoms with Gasteiger partial charge in [0.15, 0.2) is 11.5 Å². The second-order valence-electron chi connectivity index (χ2n) is 9.44. The van der Waals surface area contributed by atoms with Crippen molar-refractivity contribution >= 4 is 47.2 Å². The van der Waals surface area contributed by atoms with Crippen molar-refractivity contribution in [2.75, 3.05) is 24.4 Å². The first-order chi connectivity index (χ1) is 18.9. The minimum absolute atomic E-state index is 0.141. The standard InChI is InChI=1S/C30H33ClN4O4/c1-19-9-28(38-4)29(14-26(19)33-16-25-13-23-7-5-6-8-27(23)35(25)18-36)39-17-22-10-21(15-31)11-24(12-22)34-30(37)20(2)32-3/h5-12,14,16,18,20,25,32H,13,15,17H2,1-4H3,(H,34,37)/b33-16-. The Balaban J connectivity index is 1.53. The first kappa shape index (κ1) is 28.1. The molecule has 0 saturated carbocycles. The SMILES string of the molecule is CNC(C)C(=O)Nc1cc(CCl)cc(COc2cc(/N=C\C3Cc4ccccc4N3C=O)c(C)cc2OC)c1. The first-order valence-electron chi connectivity index (χ1n) is 12.7. The molecule has 39 heavy (non-hydrogen) atoms. The third-order valence-electron chi connectivity index (χ3n) is 6.73. The molecule has 9 heteroatoms. The van der Waals surface area contributed by atoms with Crippen LogP contribution in [-0.4, -0.2) is 44.8 Å². The largest absolute Gasteiger partial charge is 0.493 e. The Morgan fingerprint density at radius 3 is 2.67 bits per heavy atom. The van der Waals surface area contributed by atoms with Crippen molar-refractivity contribution in [2.45, 2.75) is 44.8 Å². The summed E-state index contributed by atoms with van der Waals surface area (Å²) < 4.78 is 11.7. The van der Waals surface area contributed by atoms with E-state index in [0.717, 1.165) is 40.0 Å². The van der Waals surface area contributed by atoms with Crippen LogP contribution in [0, 0.1) is 6.92 Å². The van der Waals surface area contributed by atoms with Gasteiger partial charge in [0.25, 0.3) is 0 Å². The molecule has 0 saturated heterocycles. The Bertz CT molecular complexity index is 1380. The highest BCUT2D eigenvalue weighted by atomic mass is 35.5. The lowest BCUT2D eigenvalue weighted by Gasteiger charge is -2.17. The topological polar surface area (TPSA) is 92.3 Å². The molecule has 1 aliphatic rings. The fraction of sp³-hybridized carbons (Fsp3) is 0.300. The van der Waals surface area contributed by atoms with Gasteiger partial charge < -0.3 is 25.0 Å². The molecule has 3 aromatic rings. The van der Waals surface area contributed by atoms with Crippen molar-refractivity contribution < 1.29 is 19.1 Å². The molecule has 4 rings (SSSR count). The van der Waals surface area contributed by atoms with Crippen molar-refractivity contribution in [1.29, 1.82) is 0 Å². The van der Waals surface area contributed by atoms with E-state index in [-0.39, 0.29) is 24.6 Å². The lowest BCUT2D eigenvalue weighted by Crippen LogP contribution is -2.35. The third-order valence-corrected chi connectivity index (χ3v) is 7.04. The zero-order valence-corrected chi connectivity index (χ0v) is 23.3. The van der Waals surface area contributed by atoms with E-state index in [9.17, 15) is 9.59 Å².